The van der Waals surface area contributed by atoms with Crippen LogP contribution in [-0.2, 0) is 4.79 Å². The average Bonchev–Trinajstić information content (AvgIpc) is 2.85. The molecule has 2 aromatic rings. The molecule has 1 saturated carbocycles. The van der Waals surface area contributed by atoms with Gasteiger partial charge in [0.2, 0.25) is 5.91 Å². The summed E-state index contributed by atoms with van der Waals surface area (Å²) in [6, 6.07) is 14.6. The normalized spacial score (nSPS) is 19.1. The molecule has 1 aliphatic carbocycles. The van der Waals surface area contributed by atoms with Crippen LogP contribution in [0.5, 0.6) is 0 Å². The first-order valence-electron chi connectivity index (χ1n) is 12.1. The molecule has 0 unspecified atom stereocenters. The second-order valence-electron chi connectivity index (χ2n) is 9.33. The number of hydrogen-bond donors (Lipinski definition) is 2. The Bertz CT molecular complexity index is 979. The Hall–Kier alpha value is -3.15. The SMILES string of the molecule is Cc1ccc(C(=O)Nc2ccc(C(=O)N3CCC[C@H](C(=O)NC4CCCCC4)C3)cc2)cc1. The maximum atomic E-state index is 13.1. The van der Waals surface area contributed by atoms with Crippen LogP contribution in [0.4, 0.5) is 5.69 Å². The van der Waals surface area contributed by atoms with E-state index >= 15 is 0 Å². The molecule has 2 aliphatic rings. The second kappa shape index (κ2) is 10.6. The van der Waals surface area contributed by atoms with Crippen LogP contribution in [0.2, 0.25) is 0 Å². The third-order valence-corrected chi connectivity index (χ3v) is 6.73. The van der Waals surface area contributed by atoms with Gasteiger partial charge in [-0.05, 0) is 69.0 Å². The van der Waals surface area contributed by atoms with Crippen molar-refractivity contribution < 1.29 is 14.4 Å². The van der Waals surface area contributed by atoms with E-state index in [1.807, 2.05) is 19.1 Å². The van der Waals surface area contributed by atoms with Crippen molar-refractivity contribution in [2.75, 3.05) is 18.4 Å². The summed E-state index contributed by atoms with van der Waals surface area (Å²) in [5.74, 6) is -0.301. The summed E-state index contributed by atoms with van der Waals surface area (Å²) in [7, 11) is 0. The van der Waals surface area contributed by atoms with E-state index in [0.717, 1.165) is 31.2 Å². The maximum Gasteiger partial charge on any atom is 0.255 e. The fraction of sp³-hybridized carbons (Fsp3) is 0.444. The molecule has 0 bridgehead atoms. The molecule has 174 valence electrons. The molecule has 2 fully saturated rings. The van der Waals surface area contributed by atoms with Crippen LogP contribution in [-0.4, -0.2) is 41.8 Å². The lowest BCUT2D eigenvalue weighted by molar-refractivity contribution is -0.127. The zero-order valence-corrected chi connectivity index (χ0v) is 19.3. The summed E-state index contributed by atoms with van der Waals surface area (Å²) < 4.78 is 0. The summed E-state index contributed by atoms with van der Waals surface area (Å²) in [4.78, 5) is 40.0. The van der Waals surface area contributed by atoms with Crippen molar-refractivity contribution >= 4 is 23.4 Å². The average molecular weight is 448 g/mol. The number of hydrogen-bond acceptors (Lipinski definition) is 3. The minimum atomic E-state index is -0.183. The Balaban J connectivity index is 1.32. The quantitative estimate of drug-likeness (QED) is 0.706. The van der Waals surface area contributed by atoms with Crippen LogP contribution in [0.15, 0.2) is 48.5 Å². The van der Waals surface area contributed by atoms with Crippen LogP contribution in [0.3, 0.4) is 0 Å². The zero-order chi connectivity index (χ0) is 23.2. The summed E-state index contributed by atoms with van der Waals surface area (Å²) in [5, 5.41) is 6.08. The third-order valence-electron chi connectivity index (χ3n) is 6.73. The van der Waals surface area contributed by atoms with Gasteiger partial charge in [0.15, 0.2) is 0 Å². The first-order valence-corrected chi connectivity index (χ1v) is 12.1. The van der Waals surface area contributed by atoms with E-state index in [1.165, 1.54) is 19.3 Å². The summed E-state index contributed by atoms with van der Waals surface area (Å²) in [5.41, 5.74) is 2.89. The number of aryl methyl sites for hydroxylation is 1. The van der Waals surface area contributed by atoms with Gasteiger partial charge in [-0.2, -0.15) is 0 Å². The topological polar surface area (TPSA) is 78.5 Å². The van der Waals surface area contributed by atoms with Gasteiger partial charge >= 0.3 is 0 Å². The highest BCUT2D eigenvalue weighted by atomic mass is 16.2. The second-order valence-corrected chi connectivity index (χ2v) is 9.33. The van der Waals surface area contributed by atoms with Gasteiger partial charge in [0.25, 0.3) is 11.8 Å². The number of likely N-dealkylation sites (tertiary alicyclic amines) is 1. The van der Waals surface area contributed by atoms with Crippen molar-refractivity contribution in [2.45, 2.75) is 57.9 Å². The number of nitrogens with zero attached hydrogens (tertiary/aromatic N) is 1. The molecule has 33 heavy (non-hydrogen) atoms. The summed E-state index contributed by atoms with van der Waals surface area (Å²) >= 11 is 0. The fourth-order valence-corrected chi connectivity index (χ4v) is 4.73. The van der Waals surface area contributed by atoms with Gasteiger partial charge in [-0.15, -0.1) is 0 Å². The van der Waals surface area contributed by atoms with Crippen molar-refractivity contribution in [3.63, 3.8) is 0 Å². The lowest BCUT2D eigenvalue weighted by atomic mass is 9.92. The van der Waals surface area contributed by atoms with Gasteiger partial charge in [0.05, 0.1) is 5.92 Å². The van der Waals surface area contributed by atoms with Crippen molar-refractivity contribution in [1.29, 1.82) is 0 Å². The highest BCUT2D eigenvalue weighted by molar-refractivity contribution is 6.04. The molecule has 2 aromatic carbocycles. The molecule has 3 amide bonds. The highest BCUT2D eigenvalue weighted by Crippen LogP contribution is 2.22. The van der Waals surface area contributed by atoms with Gasteiger partial charge in [0, 0.05) is 35.9 Å². The van der Waals surface area contributed by atoms with Crippen LogP contribution < -0.4 is 10.6 Å². The molecule has 0 spiro atoms. The minimum absolute atomic E-state index is 0.0680. The van der Waals surface area contributed by atoms with Crippen LogP contribution in [0, 0.1) is 12.8 Å². The third kappa shape index (κ3) is 6.01. The Labute approximate surface area is 195 Å². The largest absolute Gasteiger partial charge is 0.353 e. The highest BCUT2D eigenvalue weighted by Gasteiger charge is 2.30. The minimum Gasteiger partial charge on any atom is -0.353 e. The van der Waals surface area contributed by atoms with E-state index in [2.05, 4.69) is 10.6 Å². The Morgan fingerprint density at radius 3 is 2.18 bits per heavy atom. The molecule has 1 atom stereocenters. The molecule has 1 aliphatic heterocycles. The molecule has 0 radical (unpaired) electrons. The van der Waals surface area contributed by atoms with Crippen LogP contribution in [0.1, 0.15) is 71.2 Å². The lowest BCUT2D eigenvalue weighted by Crippen LogP contribution is -2.47. The Kier molecular flexibility index (Phi) is 7.43. The molecule has 1 heterocycles. The van der Waals surface area contributed by atoms with Crippen molar-refractivity contribution in [2.24, 2.45) is 5.92 Å². The van der Waals surface area contributed by atoms with E-state index in [0.29, 0.717) is 35.9 Å². The summed E-state index contributed by atoms with van der Waals surface area (Å²) in [6.07, 6.45) is 7.41. The smallest absolute Gasteiger partial charge is 0.255 e. The van der Waals surface area contributed by atoms with E-state index in [-0.39, 0.29) is 23.6 Å². The molecule has 6 heteroatoms. The van der Waals surface area contributed by atoms with E-state index in [1.54, 1.807) is 41.3 Å². The summed E-state index contributed by atoms with van der Waals surface area (Å²) in [6.45, 7) is 3.10. The van der Waals surface area contributed by atoms with E-state index in [4.69, 9.17) is 0 Å². The van der Waals surface area contributed by atoms with E-state index in [9.17, 15) is 14.4 Å². The maximum absolute atomic E-state index is 13.1. The molecule has 2 N–H and O–H groups in total. The molecule has 1 saturated heterocycles. The van der Waals surface area contributed by atoms with Crippen molar-refractivity contribution in [1.82, 2.24) is 10.2 Å². The van der Waals surface area contributed by atoms with Crippen LogP contribution in [0.25, 0.3) is 0 Å². The molecule has 0 aromatic heterocycles. The predicted octanol–water partition coefficient (Wildman–Crippen LogP) is 4.55. The molecular formula is C27H33N3O3. The first-order chi connectivity index (χ1) is 16.0. The Morgan fingerprint density at radius 2 is 1.48 bits per heavy atom. The number of rotatable bonds is 5. The number of piperidine rings is 1. The number of amides is 3. The van der Waals surface area contributed by atoms with Gasteiger partial charge in [-0.1, -0.05) is 37.0 Å². The molecule has 6 nitrogen and oxygen atoms in total. The predicted molar refractivity (Wildman–Crippen MR) is 129 cm³/mol. The van der Waals surface area contributed by atoms with Gasteiger partial charge in [-0.25, -0.2) is 0 Å². The lowest BCUT2D eigenvalue weighted by Gasteiger charge is -2.33. The van der Waals surface area contributed by atoms with Crippen LogP contribution >= 0.6 is 0 Å². The number of carbonyl (C=O) groups is 3. The number of benzene rings is 2. The fourth-order valence-electron chi connectivity index (χ4n) is 4.73. The van der Waals surface area contributed by atoms with Gasteiger partial charge in [0.1, 0.15) is 0 Å². The molecular weight excluding hydrogens is 414 g/mol. The molecule has 4 rings (SSSR count). The van der Waals surface area contributed by atoms with Crippen molar-refractivity contribution in [3.05, 3.63) is 65.2 Å². The Morgan fingerprint density at radius 1 is 0.818 bits per heavy atom. The van der Waals surface area contributed by atoms with E-state index < -0.39 is 0 Å². The van der Waals surface area contributed by atoms with Gasteiger partial charge in [-0.3, -0.25) is 14.4 Å². The number of carbonyl (C=O) groups excluding carboxylic acids is 3. The monoisotopic (exact) mass is 447 g/mol. The standard InChI is InChI=1S/C27H33N3O3/c1-19-9-11-20(12-10-19)25(31)29-24-15-13-21(14-16-24)27(33)30-17-5-6-22(18-30)26(32)28-23-7-3-2-4-8-23/h9-16,22-23H,2-8,17-18H2,1H3,(H,28,32)(H,29,31)/t22-/m0/s1. The first kappa shape index (κ1) is 23.0. The van der Waals surface area contributed by atoms with Gasteiger partial charge < -0.3 is 15.5 Å². The zero-order valence-electron chi connectivity index (χ0n) is 19.3. The number of nitrogens with one attached hydrogen (secondary N) is 2. The van der Waals surface area contributed by atoms with Crippen molar-refractivity contribution in [3.8, 4) is 0 Å². The number of anilines is 1.